The molecule has 2 heteroatoms. The fraction of sp³-hybridized carbons (Fsp3) is 0.250. The van der Waals surface area contributed by atoms with Crippen molar-refractivity contribution < 1.29 is 4.42 Å². The van der Waals surface area contributed by atoms with Gasteiger partial charge in [0.15, 0.2) is 6.39 Å². The predicted octanol–water partition coefficient (Wildman–Crippen LogP) is 2.30. The molecule has 0 aliphatic rings. The minimum Gasteiger partial charge on any atom is -0.451 e. The summed E-state index contributed by atoms with van der Waals surface area (Å²) in [6, 6.07) is 0. The molecule has 0 spiro atoms. The molecule has 0 aromatic carbocycles. The normalized spacial score (nSPS) is 10.9. The number of allylic oxidation sites excluding steroid dienone is 1. The number of unbranched alkanes of at least 4 members (excludes halogenated alkanes) is 1. The molecule has 0 atom stereocenters. The summed E-state index contributed by atoms with van der Waals surface area (Å²) in [5.41, 5.74) is 0.877. The van der Waals surface area contributed by atoms with Crippen molar-refractivity contribution in [2.24, 2.45) is 0 Å². The zero-order chi connectivity index (χ0) is 7.23. The molecule has 0 amide bonds. The Balaban J connectivity index is 2.40. The summed E-state index contributed by atoms with van der Waals surface area (Å²) >= 11 is 0. The smallest absolute Gasteiger partial charge is 0.181 e. The average molecular weight is 136 g/mol. The van der Waals surface area contributed by atoms with E-state index in [1.54, 1.807) is 6.26 Å². The Kier molecular flexibility index (Phi) is 2.74. The van der Waals surface area contributed by atoms with Gasteiger partial charge in [0.2, 0.25) is 0 Å². The van der Waals surface area contributed by atoms with Crippen LogP contribution in [0.2, 0.25) is 0 Å². The number of aromatic nitrogens is 1. The summed E-state index contributed by atoms with van der Waals surface area (Å²) in [5, 5.41) is 0. The van der Waals surface area contributed by atoms with Crippen molar-refractivity contribution in [1.29, 1.82) is 0 Å². The molecule has 1 aromatic rings. The molecule has 0 N–H and O–H groups in total. The van der Waals surface area contributed by atoms with Crippen LogP contribution in [0.15, 0.2) is 23.1 Å². The number of rotatable bonds is 3. The zero-order valence-electron chi connectivity index (χ0n) is 5.95. The third kappa shape index (κ3) is 2.05. The molecule has 0 aliphatic heterocycles. The Bertz CT molecular complexity index is 189. The van der Waals surface area contributed by atoms with E-state index in [4.69, 9.17) is 4.42 Å². The Hall–Kier alpha value is -1.05. The molecule has 1 radical (unpaired) electrons. The minimum absolute atomic E-state index is 0.877. The maximum atomic E-state index is 4.77. The summed E-state index contributed by atoms with van der Waals surface area (Å²) in [4.78, 5) is 3.92. The molecule has 0 bridgehead atoms. The van der Waals surface area contributed by atoms with Gasteiger partial charge in [0, 0.05) is 0 Å². The van der Waals surface area contributed by atoms with E-state index in [0.29, 0.717) is 0 Å². The fourth-order valence-electron chi connectivity index (χ4n) is 0.629. The van der Waals surface area contributed by atoms with E-state index in [1.165, 1.54) is 6.39 Å². The van der Waals surface area contributed by atoms with E-state index in [2.05, 4.69) is 11.4 Å². The lowest BCUT2D eigenvalue weighted by molar-refractivity contribution is 0.557. The molecular formula is C8H10NO. The molecule has 0 fully saturated rings. The topological polar surface area (TPSA) is 26.0 Å². The summed E-state index contributed by atoms with van der Waals surface area (Å²) in [5.74, 6) is 0. The maximum Gasteiger partial charge on any atom is 0.181 e. The quantitative estimate of drug-likeness (QED) is 0.637. The molecule has 0 saturated heterocycles. The summed E-state index contributed by atoms with van der Waals surface area (Å²) in [6.45, 7) is 2.02. The van der Waals surface area contributed by atoms with E-state index in [1.807, 2.05) is 19.1 Å². The van der Waals surface area contributed by atoms with Gasteiger partial charge in [0.05, 0.1) is 0 Å². The minimum atomic E-state index is 0.877. The van der Waals surface area contributed by atoms with Crippen LogP contribution in [0.25, 0.3) is 6.08 Å². The SMILES string of the molecule is C[CH]CC=Cc1cocn1. The molecule has 10 heavy (non-hydrogen) atoms. The summed E-state index contributed by atoms with van der Waals surface area (Å²) in [6.07, 6.45) is 10.1. The van der Waals surface area contributed by atoms with E-state index in [0.717, 1.165) is 12.1 Å². The lowest BCUT2D eigenvalue weighted by atomic mass is 10.3. The molecule has 1 rings (SSSR count). The molecule has 0 saturated carbocycles. The van der Waals surface area contributed by atoms with Crippen LogP contribution in [-0.2, 0) is 0 Å². The Morgan fingerprint density at radius 3 is 3.20 bits per heavy atom. The van der Waals surface area contributed by atoms with Gasteiger partial charge in [-0.1, -0.05) is 13.0 Å². The van der Waals surface area contributed by atoms with Crippen LogP contribution in [0.5, 0.6) is 0 Å². The van der Waals surface area contributed by atoms with Crippen LogP contribution in [0.3, 0.4) is 0 Å². The van der Waals surface area contributed by atoms with Gasteiger partial charge in [-0.3, -0.25) is 0 Å². The lowest BCUT2D eigenvalue weighted by Crippen LogP contribution is -1.67. The second kappa shape index (κ2) is 3.88. The molecule has 1 heterocycles. The first kappa shape index (κ1) is 7.06. The van der Waals surface area contributed by atoms with Crippen LogP contribution in [0.4, 0.5) is 0 Å². The molecular weight excluding hydrogens is 126 g/mol. The monoisotopic (exact) mass is 136 g/mol. The van der Waals surface area contributed by atoms with Crippen molar-refractivity contribution in [3.63, 3.8) is 0 Å². The largest absolute Gasteiger partial charge is 0.451 e. The second-order valence-electron chi connectivity index (χ2n) is 1.96. The van der Waals surface area contributed by atoms with Gasteiger partial charge in [-0.25, -0.2) is 4.98 Å². The third-order valence-electron chi connectivity index (χ3n) is 1.11. The van der Waals surface area contributed by atoms with Crippen LogP contribution < -0.4 is 0 Å². The van der Waals surface area contributed by atoms with Gasteiger partial charge in [-0.15, -0.1) is 0 Å². The summed E-state index contributed by atoms with van der Waals surface area (Å²) < 4.78 is 4.77. The van der Waals surface area contributed by atoms with E-state index >= 15 is 0 Å². The summed E-state index contributed by atoms with van der Waals surface area (Å²) in [7, 11) is 0. The molecule has 0 aliphatic carbocycles. The van der Waals surface area contributed by atoms with Crippen molar-refractivity contribution in [2.45, 2.75) is 13.3 Å². The third-order valence-corrected chi connectivity index (χ3v) is 1.11. The Morgan fingerprint density at radius 2 is 2.60 bits per heavy atom. The molecule has 2 nitrogen and oxygen atoms in total. The van der Waals surface area contributed by atoms with Gasteiger partial charge in [-0.2, -0.15) is 0 Å². The highest BCUT2D eigenvalue weighted by Gasteiger charge is 1.85. The average Bonchev–Trinajstić information content (AvgIpc) is 2.41. The second-order valence-corrected chi connectivity index (χ2v) is 1.96. The Labute approximate surface area is 60.6 Å². The Morgan fingerprint density at radius 1 is 1.70 bits per heavy atom. The van der Waals surface area contributed by atoms with E-state index < -0.39 is 0 Å². The zero-order valence-corrected chi connectivity index (χ0v) is 5.95. The highest BCUT2D eigenvalue weighted by molar-refractivity contribution is 5.41. The van der Waals surface area contributed by atoms with Crippen LogP contribution in [-0.4, -0.2) is 4.98 Å². The van der Waals surface area contributed by atoms with Gasteiger partial charge >= 0.3 is 0 Å². The predicted molar refractivity (Wildman–Crippen MR) is 40.1 cm³/mol. The van der Waals surface area contributed by atoms with Crippen LogP contribution in [0.1, 0.15) is 19.0 Å². The first-order chi connectivity index (χ1) is 4.93. The van der Waals surface area contributed by atoms with Gasteiger partial charge in [0.1, 0.15) is 12.0 Å². The van der Waals surface area contributed by atoms with Crippen molar-refractivity contribution >= 4 is 6.08 Å². The van der Waals surface area contributed by atoms with Crippen molar-refractivity contribution in [1.82, 2.24) is 4.98 Å². The molecule has 0 unspecified atom stereocenters. The van der Waals surface area contributed by atoms with Crippen molar-refractivity contribution in [3.05, 3.63) is 30.8 Å². The van der Waals surface area contributed by atoms with Gasteiger partial charge in [0.25, 0.3) is 0 Å². The van der Waals surface area contributed by atoms with E-state index in [-0.39, 0.29) is 0 Å². The van der Waals surface area contributed by atoms with Crippen LogP contribution >= 0.6 is 0 Å². The lowest BCUT2D eigenvalue weighted by Gasteiger charge is -1.80. The maximum absolute atomic E-state index is 4.77. The number of hydrogen-bond acceptors (Lipinski definition) is 2. The fourth-order valence-corrected chi connectivity index (χ4v) is 0.629. The van der Waals surface area contributed by atoms with E-state index in [9.17, 15) is 0 Å². The highest BCUT2D eigenvalue weighted by Crippen LogP contribution is 1.98. The number of oxazole rings is 1. The first-order valence-corrected chi connectivity index (χ1v) is 3.26. The first-order valence-electron chi connectivity index (χ1n) is 3.26. The number of nitrogens with zero attached hydrogens (tertiary/aromatic N) is 1. The highest BCUT2D eigenvalue weighted by atomic mass is 16.3. The van der Waals surface area contributed by atoms with Crippen molar-refractivity contribution in [2.75, 3.05) is 0 Å². The molecule has 53 valence electrons. The van der Waals surface area contributed by atoms with Crippen LogP contribution in [0, 0.1) is 6.42 Å². The number of hydrogen-bond donors (Lipinski definition) is 0. The van der Waals surface area contributed by atoms with Crippen molar-refractivity contribution in [3.8, 4) is 0 Å². The molecule has 1 aromatic heterocycles. The van der Waals surface area contributed by atoms with Gasteiger partial charge < -0.3 is 4.42 Å². The standard InChI is InChI=1S/C8H10NO/c1-2-3-4-5-8-6-10-7-9-8/h2,4-7H,3H2,1H3. The van der Waals surface area contributed by atoms with Gasteiger partial charge in [-0.05, 0) is 18.9 Å².